The van der Waals surface area contributed by atoms with E-state index in [-0.39, 0.29) is 10.7 Å². The molecular weight excluding hydrogens is 354 g/mol. The zero-order valence-electron chi connectivity index (χ0n) is 14.3. The van der Waals surface area contributed by atoms with Crippen LogP contribution in [0.2, 0.25) is 5.02 Å². The lowest BCUT2D eigenvalue weighted by Gasteiger charge is -2.22. The molecule has 0 spiro atoms. The second-order valence-electron chi connectivity index (χ2n) is 6.41. The number of amides is 1. The summed E-state index contributed by atoms with van der Waals surface area (Å²) in [5, 5.41) is 6.73. The molecule has 0 fully saturated rings. The minimum absolute atomic E-state index is 0.237. The number of nitrogens with one attached hydrogen (secondary N) is 1. The first-order valence-corrected chi connectivity index (χ1v) is 7.93. The number of ether oxygens (including phenoxy) is 1. The maximum atomic E-state index is 13.0. The van der Waals surface area contributed by atoms with E-state index in [1.165, 1.54) is 0 Å². The van der Waals surface area contributed by atoms with Gasteiger partial charge in [-0.3, -0.25) is 0 Å². The van der Waals surface area contributed by atoms with Crippen LogP contribution in [0.1, 0.15) is 51.6 Å². The van der Waals surface area contributed by atoms with Gasteiger partial charge in [-0.05, 0) is 45.4 Å². The van der Waals surface area contributed by atoms with Gasteiger partial charge >= 0.3 is 6.09 Å². The fraction of sp³-hybridized carbons (Fsp3) is 0.438. The Morgan fingerprint density at radius 1 is 1.36 bits per heavy atom. The van der Waals surface area contributed by atoms with Gasteiger partial charge in [-0.2, -0.15) is 5.10 Å². The molecule has 1 heterocycles. The molecule has 0 saturated carbocycles. The summed E-state index contributed by atoms with van der Waals surface area (Å²) in [6.45, 7) is 7.02. The first-order valence-electron chi connectivity index (χ1n) is 7.56. The predicted molar refractivity (Wildman–Crippen MR) is 89.1 cm³/mol. The normalized spacial score (nSPS) is 13.0. The highest BCUT2D eigenvalue weighted by molar-refractivity contribution is 6.32. The smallest absolute Gasteiger partial charge is 0.408 e. The van der Waals surface area contributed by atoms with Gasteiger partial charge in [-0.1, -0.05) is 17.7 Å². The van der Waals surface area contributed by atoms with Gasteiger partial charge in [0.15, 0.2) is 5.82 Å². The summed E-state index contributed by atoms with van der Waals surface area (Å²) < 4.78 is 32.2. The molecule has 1 atom stereocenters. The summed E-state index contributed by atoms with van der Waals surface area (Å²) in [4.78, 5) is 15.4. The topological polar surface area (TPSA) is 69.0 Å². The average molecular weight is 373 g/mol. The van der Waals surface area contributed by atoms with Crippen LogP contribution in [0.25, 0.3) is 5.69 Å². The van der Waals surface area contributed by atoms with Gasteiger partial charge in [0.25, 0.3) is 6.43 Å². The molecule has 1 aromatic heterocycles. The van der Waals surface area contributed by atoms with Gasteiger partial charge in [0.1, 0.15) is 11.9 Å². The first-order chi connectivity index (χ1) is 11.6. The fourth-order valence-electron chi connectivity index (χ4n) is 2.11. The van der Waals surface area contributed by atoms with Gasteiger partial charge in [-0.15, -0.1) is 0 Å². The largest absolute Gasteiger partial charge is 0.444 e. The molecule has 0 saturated heterocycles. The van der Waals surface area contributed by atoms with E-state index in [4.69, 9.17) is 16.3 Å². The SMILES string of the molecule is C[C@H](NC(=O)OC(C)(C)C)c1ccc(Cl)c(-n2ncnc2C(F)F)c1. The predicted octanol–water partition coefficient (Wildman–Crippen LogP) is 4.44. The Morgan fingerprint density at radius 2 is 2.04 bits per heavy atom. The Hall–Kier alpha value is -2.22. The van der Waals surface area contributed by atoms with Crippen molar-refractivity contribution in [2.75, 3.05) is 0 Å². The van der Waals surface area contributed by atoms with Crippen molar-refractivity contribution in [3.8, 4) is 5.69 Å². The van der Waals surface area contributed by atoms with Crippen molar-refractivity contribution in [1.29, 1.82) is 0 Å². The Morgan fingerprint density at radius 3 is 2.64 bits per heavy atom. The van der Waals surface area contributed by atoms with Gasteiger partial charge < -0.3 is 10.1 Å². The fourth-order valence-corrected chi connectivity index (χ4v) is 2.31. The highest BCUT2D eigenvalue weighted by atomic mass is 35.5. The van der Waals surface area contributed by atoms with E-state index in [1.54, 1.807) is 45.9 Å². The Labute approximate surface area is 149 Å². The highest BCUT2D eigenvalue weighted by Gasteiger charge is 2.21. The monoisotopic (exact) mass is 372 g/mol. The summed E-state index contributed by atoms with van der Waals surface area (Å²) in [6.07, 6.45) is -2.34. The number of carbonyl (C=O) groups is 1. The van der Waals surface area contributed by atoms with Crippen molar-refractivity contribution in [3.05, 3.63) is 40.9 Å². The van der Waals surface area contributed by atoms with Crippen LogP contribution in [0, 0.1) is 0 Å². The zero-order valence-corrected chi connectivity index (χ0v) is 15.0. The van der Waals surface area contributed by atoms with Crippen LogP contribution in [-0.2, 0) is 4.74 Å². The third-order valence-corrected chi connectivity index (χ3v) is 3.52. The van der Waals surface area contributed by atoms with Crippen LogP contribution in [0.3, 0.4) is 0 Å². The molecule has 0 bridgehead atoms. The molecule has 0 aliphatic rings. The lowest BCUT2D eigenvalue weighted by Crippen LogP contribution is -2.34. The number of benzene rings is 1. The summed E-state index contributed by atoms with van der Waals surface area (Å²) in [6, 6.07) is 4.39. The molecule has 0 unspecified atom stereocenters. The number of hydrogen-bond acceptors (Lipinski definition) is 4. The number of aromatic nitrogens is 3. The van der Waals surface area contributed by atoms with E-state index in [2.05, 4.69) is 15.4 Å². The lowest BCUT2D eigenvalue weighted by molar-refractivity contribution is 0.0508. The number of hydrogen-bond donors (Lipinski definition) is 1. The molecule has 0 aliphatic heterocycles. The minimum atomic E-state index is -2.79. The summed E-state index contributed by atoms with van der Waals surface area (Å²) in [7, 11) is 0. The molecule has 0 radical (unpaired) electrons. The lowest BCUT2D eigenvalue weighted by atomic mass is 10.1. The second-order valence-corrected chi connectivity index (χ2v) is 6.82. The number of alkyl carbamates (subject to hydrolysis) is 1. The molecule has 0 aliphatic carbocycles. The van der Waals surface area contributed by atoms with E-state index in [0.717, 1.165) is 11.0 Å². The average Bonchev–Trinajstić information content (AvgIpc) is 2.94. The van der Waals surface area contributed by atoms with Crippen molar-refractivity contribution in [1.82, 2.24) is 20.1 Å². The number of halogens is 3. The Balaban J connectivity index is 2.26. The number of alkyl halides is 2. The van der Waals surface area contributed by atoms with Crippen LogP contribution in [0.4, 0.5) is 13.6 Å². The standard InChI is InChI=1S/C16H19ClF2N4O2/c1-9(22-15(24)25-16(2,3)4)10-5-6-11(17)12(7-10)23-14(13(18)19)20-8-21-23/h5-9,13H,1-4H3,(H,22,24)/t9-/m0/s1. The van der Waals surface area contributed by atoms with Crippen molar-refractivity contribution in [2.24, 2.45) is 0 Å². The Bertz CT molecular complexity index is 759. The van der Waals surface area contributed by atoms with Crippen LogP contribution < -0.4 is 5.32 Å². The molecular formula is C16H19ClF2N4O2. The van der Waals surface area contributed by atoms with Crippen LogP contribution >= 0.6 is 11.6 Å². The van der Waals surface area contributed by atoms with E-state index < -0.39 is 30.0 Å². The molecule has 1 aromatic carbocycles. The van der Waals surface area contributed by atoms with Crippen molar-refractivity contribution >= 4 is 17.7 Å². The molecule has 9 heteroatoms. The second kappa shape index (κ2) is 7.35. The van der Waals surface area contributed by atoms with E-state index >= 15 is 0 Å². The molecule has 1 N–H and O–H groups in total. The van der Waals surface area contributed by atoms with Crippen LogP contribution in [0.5, 0.6) is 0 Å². The Kier molecular flexibility index (Phi) is 5.62. The molecule has 1 amide bonds. The van der Waals surface area contributed by atoms with Gasteiger partial charge in [-0.25, -0.2) is 23.2 Å². The first kappa shape index (κ1) is 19.1. The summed E-state index contributed by atoms with van der Waals surface area (Å²) in [5.41, 5.74) is 0.285. The highest BCUT2D eigenvalue weighted by Crippen LogP contribution is 2.27. The maximum Gasteiger partial charge on any atom is 0.408 e. The van der Waals surface area contributed by atoms with Gasteiger partial charge in [0.2, 0.25) is 0 Å². The minimum Gasteiger partial charge on any atom is -0.444 e. The molecule has 6 nitrogen and oxygen atoms in total. The number of rotatable bonds is 4. The number of carbonyl (C=O) groups excluding carboxylic acids is 1. The summed E-state index contributed by atoms with van der Waals surface area (Å²) in [5.74, 6) is -0.508. The molecule has 25 heavy (non-hydrogen) atoms. The quantitative estimate of drug-likeness (QED) is 0.861. The van der Waals surface area contributed by atoms with Crippen LogP contribution in [0.15, 0.2) is 24.5 Å². The van der Waals surface area contributed by atoms with Gasteiger partial charge in [0.05, 0.1) is 16.8 Å². The van der Waals surface area contributed by atoms with Gasteiger partial charge in [0, 0.05) is 0 Å². The molecule has 136 valence electrons. The van der Waals surface area contributed by atoms with Crippen molar-refractivity contribution in [3.63, 3.8) is 0 Å². The van der Waals surface area contributed by atoms with E-state index in [9.17, 15) is 13.6 Å². The maximum absolute atomic E-state index is 13.0. The van der Waals surface area contributed by atoms with E-state index in [1.807, 2.05) is 0 Å². The molecule has 2 rings (SSSR count). The molecule has 2 aromatic rings. The number of nitrogens with zero attached hydrogens (tertiary/aromatic N) is 3. The third-order valence-electron chi connectivity index (χ3n) is 3.20. The van der Waals surface area contributed by atoms with E-state index in [0.29, 0.717) is 5.56 Å². The van der Waals surface area contributed by atoms with Crippen molar-refractivity contribution in [2.45, 2.75) is 45.8 Å². The zero-order chi connectivity index (χ0) is 18.8. The van der Waals surface area contributed by atoms with Crippen LogP contribution in [-0.4, -0.2) is 26.5 Å². The summed E-state index contributed by atoms with van der Waals surface area (Å²) >= 11 is 6.12. The van der Waals surface area contributed by atoms with Crippen molar-refractivity contribution < 1.29 is 18.3 Å². The third kappa shape index (κ3) is 4.88.